The second-order valence-corrected chi connectivity index (χ2v) is 13.6. The van der Waals surface area contributed by atoms with E-state index in [1.807, 2.05) is 36.5 Å². The Balaban J connectivity index is 1.04. The highest BCUT2D eigenvalue weighted by atomic mass is 14.8. The Morgan fingerprint density at radius 2 is 0.808 bits per heavy atom. The van der Waals surface area contributed by atoms with Crippen LogP contribution in [-0.2, 0) is 0 Å². The van der Waals surface area contributed by atoms with Crippen molar-refractivity contribution < 1.29 is 0 Å². The summed E-state index contributed by atoms with van der Waals surface area (Å²) >= 11 is 0. The fourth-order valence-electron chi connectivity index (χ4n) is 8.25. The van der Waals surface area contributed by atoms with Crippen LogP contribution in [0.1, 0.15) is 0 Å². The van der Waals surface area contributed by atoms with Crippen molar-refractivity contribution in [1.82, 2.24) is 15.0 Å². The van der Waals surface area contributed by atoms with Gasteiger partial charge in [0.25, 0.3) is 0 Å². The fraction of sp³-hybridized carbons (Fsp3) is 0. The number of hydrogen-bond donors (Lipinski definition) is 0. The molecular formula is C49H29N3. The minimum atomic E-state index is 0.804. The molecule has 0 atom stereocenters. The normalized spacial score (nSPS) is 11.8. The molecule has 9 aromatic carbocycles. The van der Waals surface area contributed by atoms with Crippen molar-refractivity contribution in [2.45, 2.75) is 0 Å². The average Bonchev–Trinajstić information content (AvgIpc) is 3.22. The van der Waals surface area contributed by atoms with Crippen LogP contribution in [0.3, 0.4) is 0 Å². The minimum Gasteiger partial charge on any atom is -0.260 e. The van der Waals surface area contributed by atoms with Crippen LogP contribution in [0.2, 0.25) is 0 Å². The first-order valence-corrected chi connectivity index (χ1v) is 17.7. The molecule has 0 aliphatic rings. The highest BCUT2D eigenvalue weighted by Crippen LogP contribution is 2.44. The Bertz CT molecular complexity index is 3140. The topological polar surface area (TPSA) is 38.7 Å². The summed E-state index contributed by atoms with van der Waals surface area (Å²) in [5.74, 6) is 0. The van der Waals surface area contributed by atoms with E-state index in [0.29, 0.717) is 0 Å². The molecule has 3 nitrogen and oxygen atoms in total. The van der Waals surface area contributed by atoms with Gasteiger partial charge in [-0.3, -0.25) is 9.97 Å². The summed E-state index contributed by atoms with van der Waals surface area (Å²) in [6, 6.07) is 57.2. The molecule has 0 unspecified atom stereocenters. The summed E-state index contributed by atoms with van der Waals surface area (Å²) in [5.41, 5.74) is 7.99. The van der Waals surface area contributed by atoms with Crippen molar-refractivity contribution in [1.29, 1.82) is 0 Å². The minimum absolute atomic E-state index is 0.804. The molecule has 2 heterocycles. The van der Waals surface area contributed by atoms with E-state index in [2.05, 4.69) is 132 Å². The zero-order valence-corrected chi connectivity index (χ0v) is 28.1. The van der Waals surface area contributed by atoms with Gasteiger partial charge in [-0.25, -0.2) is 4.98 Å². The summed E-state index contributed by atoms with van der Waals surface area (Å²) in [6.45, 7) is 0. The van der Waals surface area contributed by atoms with Crippen LogP contribution in [0.25, 0.3) is 110 Å². The molecule has 0 amide bonds. The van der Waals surface area contributed by atoms with Crippen LogP contribution < -0.4 is 0 Å². The lowest BCUT2D eigenvalue weighted by atomic mass is 9.86. The van der Waals surface area contributed by atoms with Gasteiger partial charge in [0.05, 0.1) is 29.5 Å². The van der Waals surface area contributed by atoms with Crippen LogP contribution in [0.4, 0.5) is 0 Å². The second-order valence-electron chi connectivity index (χ2n) is 13.6. The van der Waals surface area contributed by atoms with Crippen LogP contribution in [0.15, 0.2) is 176 Å². The second kappa shape index (κ2) is 11.3. The lowest BCUT2D eigenvalue weighted by molar-refractivity contribution is 1.20. The van der Waals surface area contributed by atoms with Gasteiger partial charge in [0.15, 0.2) is 0 Å². The van der Waals surface area contributed by atoms with Gasteiger partial charge in [-0.1, -0.05) is 133 Å². The van der Waals surface area contributed by atoms with E-state index in [0.717, 1.165) is 33.8 Å². The first-order valence-electron chi connectivity index (χ1n) is 17.7. The van der Waals surface area contributed by atoms with Gasteiger partial charge in [-0.15, -0.1) is 0 Å². The maximum Gasteiger partial charge on any atom is 0.0908 e. The number of fused-ring (bicyclic) bond motifs is 2. The molecule has 52 heavy (non-hydrogen) atoms. The molecular weight excluding hydrogens is 631 g/mol. The lowest BCUT2D eigenvalue weighted by Gasteiger charge is -2.17. The van der Waals surface area contributed by atoms with Crippen molar-refractivity contribution in [3.05, 3.63) is 176 Å². The van der Waals surface area contributed by atoms with E-state index in [1.54, 1.807) is 12.4 Å². The predicted molar refractivity (Wildman–Crippen MR) is 218 cm³/mol. The van der Waals surface area contributed by atoms with Gasteiger partial charge < -0.3 is 0 Å². The van der Waals surface area contributed by atoms with E-state index in [4.69, 9.17) is 9.97 Å². The Kier molecular flexibility index (Phi) is 6.25. The van der Waals surface area contributed by atoms with E-state index in [9.17, 15) is 0 Å². The Morgan fingerprint density at radius 3 is 1.42 bits per heavy atom. The van der Waals surface area contributed by atoms with Gasteiger partial charge in [-0.2, -0.15) is 0 Å². The molecule has 0 saturated heterocycles. The van der Waals surface area contributed by atoms with Crippen molar-refractivity contribution in [2.75, 3.05) is 0 Å². The smallest absolute Gasteiger partial charge is 0.0908 e. The number of benzene rings is 8. The van der Waals surface area contributed by atoms with E-state index in [1.165, 1.54) is 75.8 Å². The van der Waals surface area contributed by atoms with Gasteiger partial charge >= 0.3 is 0 Å². The number of hydrogen-bond acceptors (Lipinski definition) is 3. The lowest BCUT2D eigenvalue weighted by Crippen LogP contribution is -1.91. The summed E-state index contributed by atoms with van der Waals surface area (Å²) in [5, 5.41) is 15.5. The number of nitrogens with zero attached hydrogens (tertiary/aromatic N) is 3. The third kappa shape index (κ3) is 4.43. The van der Waals surface area contributed by atoms with Crippen molar-refractivity contribution in [3.63, 3.8) is 0 Å². The maximum absolute atomic E-state index is 4.86. The van der Waals surface area contributed by atoms with Gasteiger partial charge in [0.1, 0.15) is 0 Å². The summed E-state index contributed by atoms with van der Waals surface area (Å²) in [4.78, 5) is 14.2. The molecule has 0 saturated carbocycles. The summed E-state index contributed by atoms with van der Waals surface area (Å²) in [7, 11) is 0. The summed E-state index contributed by atoms with van der Waals surface area (Å²) in [6.07, 6.45) is 5.48. The summed E-state index contributed by atoms with van der Waals surface area (Å²) < 4.78 is 0. The van der Waals surface area contributed by atoms with Crippen LogP contribution >= 0.6 is 0 Å². The molecule has 240 valence electrons. The Morgan fingerprint density at radius 1 is 0.288 bits per heavy atom. The zero-order valence-electron chi connectivity index (χ0n) is 28.1. The van der Waals surface area contributed by atoms with E-state index in [-0.39, 0.29) is 0 Å². The first-order chi connectivity index (χ1) is 25.8. The number of pyridine rings is 1. The SMILES string of the molecule is c1ccc(-c2cncc(-c3ccc(-c4ccc(-c5cc6ccc7cccc8c9cccc%10ccc%11cccc(c(c5)c6c78)c%11c%109)cc4)nc3)n2)cc1. The number of rotatable bonds is 4. The Hall–Kier alpha value is -6.97. The van der Waals surface area contributed by atoms with Crippen LogP contribution in [0.5, 0.6) is 0 Å². The highest BCUT2D eigenvalue weighted by molar-refractivity contribution is 6.37. The fourth-order valence-corrected chi connectivity index (χ4v) is 8.25. The standard InChI is InChI=1S/C49H29N3/c1-2-7-31(8-3-1)44-28-50-29-45(52-44)37-23-24-43(51-27-37)32-17-15-30(16-18-32)38-25-36-22-21-35-10-5-13-40-39-12-4-9-33-19-20-34-11-6-14-41(48(34)46(33)39)42(26-38)49(36)47(35)40/h1-29H. The molecule has 0 bridgehead atoms. The van der Waals surface area contributed by atoms with Gasteiger partial charge in [0, 0.05) is 22.9 Å². The van der Waals surface area contributed by atoms with E-state index < -0.39 is 0 Å². The average molecular weight is 660 g/mol. The Labute approximate surface area is 299 Å². The monoisotopic (exact) mass is 659 g/mol. The van der Waals surface area contributed by atoms with Gasteiger partial charge in [0.2, 0.25) is 0 Å². The molecule has 2 aromatic heterocycles. The molecule has 11 aromatic rings. The molecule has 0 spiro atoms. The van der Waals surface area contributed by atoms with Crippen molar-refractivity contribution in [3.8, 4) is 44.9 Å². The van der Waals surface area contributed by atoms with Crippen molar-refractivity contribution in [2.24, 2.45) is 0 Å². The highest BCUT2D eigenvalue weighted by Gasteiger charge is 2.16. The molecule has 0 fully saturated rings. The third-order valence-electron chi connectivity index (χ3n) is 10.7. The van der Waals surface area contributed by atoms with Crippen LogP contribution in [-0.4, -0.2) is 15.0 Å². The van der Waals surface area contributed by atoms with Crippen LogP contribution in [0, 0.1) is 0 Å². The van der Waals surface area contributed by atoms with E-state index >= 15 is 0 Å². The number of aromatic nitrogens is 3. The quantitative estimate of drug-likeness (QED) is 0.177. The molecule has 0 aliphatic heterocycles. The maximum atomic E-state index is 4.86. The molecule has 0 N–H and O–H groups in total. The molecule has 11 rings (SSSR count). The van der Waals surface area contributed by atoms with Crippen molar-refractivity contribution >= 4 is 64.6 Å². The largest absolute Gasteiger partial charge is 0.260 e. The predicted octanol–water partition coefficient (Wildman–Crippen LogP) is 12.9. The molecule has 3 heteroatoms. The zero-order chi connectivity index (χ0) is 34.2. The first kappa shape index (κ1) is 28.8. The third-order valence-corrected chi connectivity index (χ3v) is 10.7. The van der Waals surface area contributed by atoms with Gasteiger partial charge in [-0.05, 0) is 100 Å². The molecule has 0 radical (unpaired) electrons. The molecule has 0 aliphatic carbocycles.